The van der Waals surface area contributed by atoms with Crippen molar-refractivity contribution in [2.45, 2.75) is 64.3 Å². The second kappa shape index (κ2) is 6.38. The molecular weight excluding hydrogens is 248 g/mol. The summed E-state index contributed by atoms with van der Waals surface area (Å²) in [5.41, 5.74) is 1.90. The molecule has 1 aromatic heterocycles. The van der Waals surface area contributed by atoms with Crippen molar-refractivity contribution in [3.05, 3.63) is 29.6 Å². The van der Waals surface area contributed by atoms with Gasteiger partial charge in [-0.25, -0.2) is 0 Å². The fraction of sp³-hybridized carbons (Fsp3) is 0.647. The van der Waals surface area contributed by atoms with Crippen molar-refractivity contribution >= 4 is 5.91 Å². The minimum Gasteiger partial charge on any atom is -0.332 e. The molecule has 0 aromatic carbocycles. The van der Waals surface area contributed by atoms with Gasteiger partial charge in [-0.1, -0.05) is 46.0 Å². The number of aromatic nitrogens is 1. The number of carbonyl (C=O) groups excluding carboxylic acids is 1. The molecule has 0 spiro atoms. The van der Waals surface area contributed by atoms with Gasteiger partial charge in [-0.3, -0.25) is 9.78 Å². The molecule has 3 heteroatoms. The Balaban J connectivity index is 2.28. The summed E-state index contributed by atoms with van der Waals surface area (Å²) in [6.07, 6.45) is 11.7. The Morgan fingerprint density at radius 1 is 1.15 bits per heavy atom. The Hall–Kier alpha value is -1.38. The Kier molecular flexibility index (Phi) is 4.79. The SMILES string of the molecule is CCCCCCC1(CCC)c2ccncc2C(=O)N1C. The number of nitrogens with zero attached hydrogens (tertiary/aromatic N) is 2. The zero-order chi connectivity index (χ0) is 14.6. The molecule has 2 rings (SSSR count). The minimum absolute atomic E-state index is 0.0994. The van der Waals surface area contributed by atoms with Gasteiger partial charge >= 0.3 is 0 Å². The number of rotatable bonds is 7. The predicted molar refractivity (Wildman–Crippen MR) is 81.7 cm³/mol. The Bertz CT molecular complexity index is 472. The fourth-order valence-corrected chi connectivity index (χ4v) is 3.51. The summed E-state index contributed by atoms with van der Waals surface area (Å²) in [6.45, 7) is 4.43. The van der Waals surface area contributed by atoms with E-state index in [9.17, 15) is 4.79 Å². The number of unbranched alkanes of at least 4 members (excludes halogenated alkanes) is 3. The Labute approximate surface area is 122 Å². The highest BCUT2D eigenvalue weighted by Gasteiger charge is 2.46. The van der Waals surface area contributed by atoms with Crippen LogP contribution in [-0.4, -0.2) is 22.8 Å². The smallest absolute Gasteiger partial charge is 0.256 e. The number of hydrogen-bond donors (Lipinski definition) is 0. The summed E-state index contributed by atoms with van der Waals surface area (Å²) in [5, 5.41) is 0. The van der Waals surface area contributed by atoms with Crippen LogP contribution >= 0.6 is 0 Å². The van der Waals surface area contributed by atoms with Crippen molar-refractivity contribution in [2.24, 2.45) is 0 Å². The van der Waals surface area contributed by atoms with Crippen molar-refractivity contribution < 1.29 is 4.79 Å². The third kappa shape index (κ3) is 2.46. The van der Waals surface area contributed by atoms with Crippen LogP contribution in [0.3, 0.4) is 0 Å². The summed E-state index contributed by atoms with van der Waals surface area (Å²) >= 11 is 0. The van der Waals surface area contributed by atoms with Crippen LogP contribution in [0.5, 0.6) is 0 Å². The molecule has 1 aliphatic heterocycles. The highest BCUT2D eigenvalue weighted by molar-refractivity contribution is 5.99. The Morgan fingerprint density at radius 2 is 1.95 bits per heavy atom. The number of fused-ring (bicyclic) bond motifs is 1. The number of hydrogen-bond acceptors (Lipinski definition) is 2. The molecule has 0 saturated heterocycles. The quantitative estimate of drug-likeness (QED) is 0.700. The second-order valence-electron chi connectivity index (χ2n) is 5.88. The molecule has 110 valence electrons. The molecule has 0 N–H and O–H groups in total. The van der Waals surface area contributed by atoms with Crippen LogP contribution in [0.15, 0.2) is 18.5 Å². The molecule has 0 bridgehead atoms. The molecule has 0 radical (unpaired) electrons. The molecule has 1 aliphatic rings. The fourth-order valence-electron chi connectivity index (χ4n) is 3.51. The van der Waals surface area contributed by atoms with Gasteiger partial charge in [0, 0.05) is 19.4 Å². The van der Waals surface area contributed by atoms with E-state index in [1.165, 1.54) is 31.2 Å². The highest BCUT2D eigenvalue weighted by Crippen LogP contribution is 2.44. The normalized spacial score (nSPS) is 21.4. The Morgan fingerprint density at radius 3 is 2.65 bits per heavy atom. The first-order chi connectivity index (χ1) is 9.67. The lowest BCUT2D eigenvalue weighted by Crippen LogP contribution is -2.41. The van der Waals surface area contributed by atoms with E-state index < -0.39 is 0 Å². The first-order valence-electron chi connectivity index (χ1n) is 7.90. The molecule has 1 aromatic rings. The van der Waals surface area contributed by atoms with E-state index in [0.29, 0.717) is 0 Å². The number of carbonyl (C=O) groups is 1. The van der Waals surface area contributed by atoms with Gasteiger partial charge in [-0.2, -0.15) is 0 Å². The third-order valence-electron chi connectivity index (χ3n) is 4.61. The molecule has 3 nitrogen and oxygen atoms in total. The lowest BCUT2D eigenvalue weighted by molar-refractivity contribution is 0.0578. The van der Waals surface area contributed by atoms with Gasteiger partial charge in [-0.05, 0) is 24.5 Å². The molecule has 1 unspecified atom stereocenters. The average Bonchev–Trinajstić information content (AvgIpc) is 2.68. The standard InChI is InChI=1S/C17H26N2O/c1-4-6-7-8-11-17(10-5-2)15-9-12-18-13-14(15)16(20)19(17)3/h9,12-13H,4-8,10-11H2,1-3H3. The van der Waals surface area contributed by atoms with E-state index in [2.05, 4.69) is 18.8 Å². The van der Waals surface area contributed by atoms with Gasteiger partial charge in [0.25, 0.3) is 5.91 Å². The van der Waals surface area contributed by atoms with Crippen LogP contribution in [-0.2, 0) is 5.54 Å². The van der Waals surface area contributed by atoms with Crippen molar-refractivity contribution in [3.63, 3.8) is 0 Å². The van der Waals surface area contributed by atoms with Crippen molar-refractivity contribution in [1.29, 1.82) is 0 Å². The van der Waals surface area contributed by atoms with Gasteiger partial charge in [0.1, 0.15) is 0 Å². The van der Waals surface area contributed by atoms with Gasteiger partial charge in [-0.15, -0.1) is 0 Å². The maximum Gasteiger partial charge on any atom is 0.256 e. The summed E-state index contributed by atoms with van der Waals surface area (Å²) in [6, 6.07) is 2.05. The summed E-state index contributed by atoms with van der Waals surface area (Å²) in [5.74, 6) is 0.136. The maximum absolute atomic E-state index is 12.5. The van der Waals surface area contributed by atoms with E-state index in [-0.39, 0.29) is 11.4 Å². The van der Waals surface area contributed by atoms with Crippen LogP contribution in [0.1, 0.15) is 74.7 Å². The predicted octanol–water partition coefficient (Wildman–Crippen LogP) is 4.13. The molecule has 0 aliphatic carbocycles. The summed E-state index contributed by atoms with van der Waals surface area (Å²) in [4.78, 5) is 18.6. The van der Waals surface area contributed by atoms with Gasteiger partial charge in [0.15, 0.2) is 0 Å². The van der Waals surface area contributed by atoms with Gasteiger partial charge in [0.2, 0.25) is 0 Å². The van der Waals surface area contributed by atoms with E-state index in [1.807, 2.05) is 24.2 Å². The van der Waals surface area contributed by atoms with E-state index >= 15 is 0 Å². The van der Waals surface area contributed by atoms with Crippen LogP contribution in [0.2, 0.25) is 0 Å². The lowest BCUT2D eigenvalue weighted by Gasteiger charge is -2.37. The largest absolute Gasteiger partial charge is 0.332 e. The maximum atomic E-state index is 12.5. The van der Waals surface area contributed by atoms with Crippen LogP contribution < -0.4 is 0 Å². The van der Waals surface area contributed by atoms with Gasteiger partial charge in [0.05, 0.1) is 11.1 Å². The monoisotopic (exact) mass is 274 g/mol. The zero-order valence-electron chi connectivity index (χ0n) is 13.0. The highest BCUT2D eigenvalue weighted by atomic mass is 16.2. The molecular formula is C17H26N2O. The first-order valence-corrected chi connectivity index (χ1v) is 7.90. The summed E-state index contributed by atoms with van der Waals surface area (Å²) in [7, 11) is 1.96. The molecule has 20 heavy (non-hydrogen) atoms. The van der Waals surface area contributed by atoms with E-state index in [4.69, 9.17) is 0 Å². The molecule has 1 amide bonds. The number of pyridine rings is 1. The van der Waals surface area contributed by atoms with E-state index in [1.54, 1.807) is 6.20 Å². The zero-order valence-corrected chi connectivity index (χ0v) is 13.0. The average molecular weight is 274 g/mol. The van der Waals surface area contributed by atoms with Crippen molar-refractivity contribution in [1.82, 2.24) is 9.88 Å². The lowest BCUT2D eigenvalue weighted by atomic mass is 9.81. The van der Waals surface area contributed by atoms with Crippen molar-refractivity contribution in [3.8, 4) is 0 Å². The third-order valence-corrected chi connectivity index (χ3v) is 4.61. The van der Waals surface area contributed by atoms with Crippen LogP contribution in [0, 0.1) is 0 Å². The summed E-state index contributed by atoms with van der Waals surface area (Å²) < 4.78 is 0. The molecule has 0 fully saturated rings. The second-order valence-corrected chi connectivity index (χ2v) is 5.88. The van der Waals surface area contributed by atoms with Crippen molar-refractivity contribution in [2.75, 3.05) is 7.05 Å². The first kappa shape index (κ1) is 15.0. The van der Waals surface area contributed by atoms with E-state index in [0.717, 1.165) is 24.8 Å². The van der Waals surface area contributed by atoms with Crippen LogP contribution in [0.4, 0.5) is 0 Å². The minimum atomic E-state index is -0.0994. The molecule has 1 atom stereocenters. The molecule has 2 heterocycles. The number of amides is 1. The topological polar surface area (TPSA) is 33.2 Å². The molecule has 0 saturated carbocycles. The van der Waals surface area contributed by atoms with Crippen LogP contribution in [0.25, 0.3) is 0 Å². The van der Waals surface area contributed by atoms with Gasteiger partial charge < -0.3 is 4.90 Å².